The molecule has 126 valence electrons. The standard InChI is InChI=1S/C9H5F9N2O2/c10-7(11,12)2-21-5-4(9(16,17)18)1-19-6(20-5)22-3-8(13,14)15/h1H,2-3H2. The summed E-state index contributed by atoms with van der Waals surface area (Å²) in [6.07, 6.45) is -15.0. The highest BCUT2D eigenvalue weighted by atomic mass is 19.4. The molecule has 1 rings (SSSR count). The molecule has 0 N–H and O–H groups in total. The quantitative estimate of drug-likeness (QED) is 0.786. The lowest BCUT2D eigenvalue weighted by Crippen LogP contribution is -2.23. The first kappa shape index (κ1) is 18.1. The summed E-state index contributed by atoms with van der Waals surface area (Å²) in [6.45, 7) is -4.05. The molecule has 0 spiro atoms. The number of halogens is 9. The van der Waals surface area contributed by atoms with Crippen LogP contribution in [0.5, 0.6) is 11.9 Å². The summed E-state index contributed by atoms with van der Waals surface area (Å²) in [5.74, 6) is -1.59. The van der Waals surface area contributed by atoms with Gasteiger partial charge in [-0.2, -0.15) is 44.5 Å². The summed E-state index contributed by atoms with van der Waals surface area (Å²) in [7, 11) is 0. The molecule has 0 unspecified atom stereocenters. The summed E-state index contributed by atoms with van der Waals surface area (Å²) < 4.78 is 117. The minimum absolute atomic E-state index is 0.0373. The third kappa shape index (κ3) is 6.22. The van der Waals surface area contributed by atoms with E-state index in [9.17, 15) is 39.5 Å². The lowest BCUT2D eigenvalue weighted by atomic mass is 10.3. The van der Waals surface area contributed by atoms with E-state index >= 15 is 0 Å². The van der Waals surface area contributed by atoms with Crippen LogP contribution in [0.15, 0.2) is 6.20 Å². The first-order chi connectivity index (χ1) is 9.78. The van der Waals surface area contributed by atoms with Crippen molar-refractivity contribution in [2.45, 2.75) is 18.5 Å². The highest BCUT2D eigenvalue weighted by Crippen LogP contribution is 2.36. The van der Waals surface area contributed by atoms with Crippen molar-refractivity contribution in [3.05, 3.63) is 11.8 Å². The molecule has 0 radical (unpaired) electrons. The predicted octanol–water partition coefficient (Wildman–Crippen LogP) is 3.38. The molecular weight excluding hydrogens is 339 g/mol. The number of alkyl halides is 9. The zero-order valence-corrected chi connectivity index (χ0v) is 10.1. The van der Waals surface area contributed by atoms with Gasteiger partial charge >= 0.3 is 24.5 Å². The number of rotatable bonds is 4. The molecule has 0 bridgehead atoms. The second-order valence-electron chi connectivity index (χ2n) is 3.68. The predicted molar refractivity (Wildman–Crippen MR) is 50.1 cm³/mol. The van der Waals surface area contributed by atoms with Crippen molar-refractivity contribution >= 4 is 0 Å². The highest BCUT2D eigenvalue weighted by molar-refractivity contribution is 5.28. The van der Waals surface area contributed by atoms with Crippen molar-refractivity contribution in [2.24, 2.45) is 0 Å². The van der Waals surface area contributed by atoms with Gasteiger partial charge in [0.15, 0.2) is 13.2 Å². The van der Waals surface area contributed by atoms with Gasteiger partial charge in [-0.1, -0.05) is 0 Å². The van der Waals surface area contributed by atoms with Crippen LogP contribution in [0.3, 0.4) is 0 Å². The Balaban J connectivity index is 3.01. The average molecular weight is 344 g/mol. The summed E-state index contributed by atoms with van der Waals surface area (Å²) in [4.78, 5) is 5.61. The molecule has 0 aromatic carbocycles. The van der Waals surface area contributed by atoms with Gasteiger partial charge in [-0.25, -0.2) is 4.98 Å². The van der Waals surface area contributed by atoms with Crippen LogP contribution in [0.1, 0.15) is 5.56 Å². The molecule has 22 heavy (non-hydrogen) atoms. The van der Waals surface area contributed by atoms with Crippen molar-refractivity contribution in [3.63, 3.8) is 0 Å². The fraction of sp³-hybridized carbons (Fsp3) is 0.556. The minimum atomic E-state index is -5.16. The normalized spacial score (nSPS) is 13.1. The Morgan fingerprint density at radius 2 is 1.32 bits per heavy atom. The van der Waals surface area contributed by atoms with Crippen molar-refractivity contribution in [1.82, 2.24) is 9.97 Å². The van der Waals surface area contributed by atoms with Gasteiger partial charge in [0.2, 0.25) is 5.88 Å². The molecule has 0 aliphatic heterocycles. The fourth-order valence-electron chi connectivity index (χ4n) is 1.02. The second kappa shape index (κ2) is 6.04. The van der Waals surface area contributed by atoms with Crippen molar-refractivity contribution < 1.29 is 49.0 Å². The van der Waals surface area contributed by atoms with Gasteiger partial charge in [0, 0.05) is 0 Å². The van der Waals surface area contributed by atoms with Gasteiger partial charge in [0.1, 0.15) is 5.56 Å². The largest absolute Gasteiger partial charge is 0.467 e. The monoisotopic (exact) mass is 344 g/mol. The maximum Gasteiger partial charge on any atom is 0.423 e. The van der Waals surface area contributed by atoms with E-state index in [2.05, 4.69) is 19.4 Å². The van der Waals surface area contributed by atoms with Gasteiger partial charge in [-0.05, 0) is 0 Å². The number of hydrogen-bond donors (Lipinski definition) is 0. The Kier molecular flexibility index (Phi) is 4.97. The molecule has 0 saturated heterocycles. The summed E-state index contributed by atoms with van der Waals surface area (Å²) >= 11 is 0. The maximum absolute atomic E-state index is 12.5. The third-order valence-corrected chi connectivity index (χ3v) is 1.77. The van der Waals surface area contributed by atoms with Gasteiger partial charge in [-0.3, -0.25) is 0 Å². The Morgan fingerprint density at radius 3 is 1.77 bits per heavy atom. The van der Waals surface area contributed by atoms with E-state index < -0.39 is 49.2 Å². The van der Waals surface area contributed by atoms with E-state index in [1.807, 2.05) is 0 Å². The van der Waals surface area contributed by atoms with E-state index in [0.717, 1.165) is 0 Å². The van der Waals surface area contributed by atoms with Crippen LogP contribution in [0.4, 0.5) is 39.5 Å². The number of aromatic nitrogens is 2. The van der Waals surface area contributed by atoms with E-state index in [1.54, 1.807) is 0 Å². The van der Waals surface area contributed by atoms with Crippen LogP contribution < -0.4 is 9.47 Å². The third-order valence-electron chi connectivity index (χ3n) is 1.77. The van der Waals surface area contributed by atoms with Crippen LogP contribution in [-0.4, -0.2) is 35.5 Å². The zero-order valence-electron chi connectivity index (χ0n) is 10.1. The summed E-state index contributed by atoms with van der Waals surface area (Å²) in [5.41, 5.74) is -1.78. The molecule has 4 nitrogen and oxygen atoms in total. The van der Waals surface area contributed by atoms with E-state index in [-0.39, 0.29) is 6.20 Å². The summed E-state index contributed by atoms with van der Waals surface area (Å²) in [5, 5.41) is 0. The SMILES string of the molecule is FC(F)(F)COc1ncc(C(F)(F)F)c(OCC(F)(F)F)n1. The Hall–Kier alpha value is -1.95. The smallest absolute Gasteiger partial charge is 0.423 e. The molecular formula is C9H5F9N2O2. The first-order valence-electron chi connectivity index (χ1n) is 5.11. The average Bonchev–Trinajstić information content (AvgIpc) is 2.31. The van der Waals surface area contributed by atoms with E-state index in [0.29, 0.717) is 0 Å². The molecule has 1 heterocycles. The van der Waals surface area contributed by atoms with Crippen LogP contribution in [-0.2, 0) is 6.18 Å². The lowest BCUT2D eigenvalue weighted by molar-refractivity contribution is -0.160. The minimum Gasteiger partial charge on any atom is -0.467 e. The van der Waals surface area contributed by atoms with E-state index in [4.69, 9.17) is 0 Å². The Labute approximate surface area is 115 Å². The molecule has 0 saturated carbocycles. The van der Waals surface area contributed by atoms with Crippen LogP contribution in [0, 0.1) is 0 Å². The lowest BCUT2D eigenvalue weighted by Gasteiger charge is -2.15. The van der Waals surface area contributed by atoms with Gasteiger partial charge < -0.3 is 9.47 Å². The van der Waals surface area contributed by atoms with Gasteiger partial charge in [0.05, 0.1) is 6.20 Å². The number of ether oxygens (including phenoxy) is 2. The second-order valence-corrected chi connectivity index (χ2v) is 3.68. The fourth-order valence-corrected chi connectivity index (χ4v) is 1.02. The molecule has 13 heteroatoms. The molecule has 0 fully saturated rings. The van der Waals surface area contributed by atoms with E-state index in [1.165, 1.54) is 0 Å². The zero-order chi connectivity index (χ0) is 17.2. The molecule has 1 aromatic heterocycles. The van der Waals surface area contributed by atoms with Crippen molar-refractivity contribution in [3.8, 4) is 11.9 Å². The van der Waals surface area contributed by atoms with Gasteiger partial charge in [0.25, 0.3) is 0 Å². The van der Waals surface area contributed by atoms with Crippen molar-refractivity contribution in [1.29, 1.82) is 0 Å². The van der Waals surface area contributed by atoms with Crippen LogP contribution >= 0.6 is 0 Å². The Morgan fingerprint density at radius 1 is 0.818 bits per heavy atom. The number of nitrogens with zero attached hydrogens (tertiary/aromatic N) is 2. The molecule has 0 aliphatic carbocycles. The molecule has 0 atom stereocenters. The highest BCUT2D eigenvalue weighted by Gasteiger charge is 2.38. The first-order valence-corrected chi connectivity index (χ1v) is 5.11. The Bertz CT molecular complexity index is 509. The molecule has 0 amide bonds. The topological polar surface area (TPSA) is 44.2 Å². The maximum atomic E-state index is 12.5. The molecule has 1 aromatic rings. The van der Waals surface area contributed by atoms with Crippen LogP contribution in [0.25, 0.3) is 0 Å². The summed E-state index contributed by atoms with van der Waals surface area (Å²) in [6, 6.07) is -1.21. The van der Waals surface area contributed by atoms with Gasteiger partial charge in [-0.15, -0.1) is 0 Å². The van der Waals surface area contributed by atoms with Crippen molar-refractivity contribution in [2.75, 3.05) is 13.2 Å². The van der Waals surface area contributed by atoms with Crippen LogP contribution in [0.2, 0.25) is 0 Å². The number of hydrogen-bond acceptors (Lipinski definition) is 4. The molecule has 0 aliphatic rings.